The Kier molecular flexibility index (Phi) is 7.14. The van der Waals surface area contributed by atoms with Gasteiger partial charge in [-0.15, -0.1) is 0 Å². The third-order valence-corrected chi connectivity index (χ3v) is 4.98. The van der Waals surface area contributed by atoms with Crippen molar-refractivity contribution in [3.05, 3.63) is 24.3 Å². The van der Waals surface area contributed by atoms with Gasteiger partial charge in [0.05, 0.1) is 12.7 Å². The lowest BCUT2D eigenvalue weighted by molar-refractivity contribution is -0.124. The van der Waals surface area contributed by atoms with Crippen LogP contribution in [0.4, 0.5) is 0 Å². The Balaban J connectivity index is 2.07. The number of carbonyl (C=O) groups is 3. The van der Waals surface area contributed by atoms with Crippen molar-refractivity contribution in [1.29, 1.82) is 0 Å². The highest BCUT2D eigenvalue weighted by molar-refractivity contribution is 7.91. The third kappa shape index (κ3) is 6.31. The van der Waals surface area contributed by atoms with E-state index in [2.05, 4.69) is 25.9 Å². The highest BCUT2D eigenvalue weighted by Gasteiger charge is 2.28. The summed E-state index contributed by atoms with van der Waals surface area (Å²) < 4.78 is 12.2. The van der Waals surface area contributed by atoms with Gasteiger partial charge in [-0.2, -0.15) is 0 Å². The van der Waals surface area contributed by atoms with Gasteiger partial charge in [0, 0.05) is 24.9 Å². The first-order valence-electron chi connectivity index (χ1n) is 7.94. The second-order valence-electron chi connectivity index (χ2n) is 5.73. The summed E-state index contributed by atoms with van der Waals surface area (Å²) in [6, 6.07) is -1.20. The Morgan fingerprint density at radius 2 is 2.20 bits per heavy atom. The van der Waals surface area contributed by atoms with Crippen LogP contribution >= 0.6 is 0 Å². The van der Waals surface area contributed by atoms with Crippen LogP contribution in [0.1, 0.15) is 30.3 Å². The van der Waals surface area contributed by atoms with E-state index in [0.29, 0.717) is 6.42 Å². The molecule has 0 saturated carbocycles. The van der Waals surface area contributed by atoms with E-state index in [9.17, 15) is 18.9 Å². The van der Waals surface area contributed by atoms with E-state index in [4.69, 9.17) is 0 Å². The average molecular weight is 367 g/mol. The first-order valence-corrected chi connectivity index (χ1v) is 9.43. The average Bonchev–Trinajstić information content (AvgIpc) is 2.59. The summed E-state index contributed by atoms with van der Waals surface area (Å²) in [5, 5.41) is 8.00. The van der Waals surface area contributed by atoms with Crippen molar-refractivity contribution in [3.8, 4) is 0 Å². The molecule has 0 radical (unpaired) electrons. The zero-order valence-electron chi connectivity index (χ0n) is 13.9. The number of rotatable bonds is 2. The zero-order chi connectivity index (χ0) is 18.2. The number of hydrogen-bond donors (Lipinski definition) is 3. The molecule has 1 aliphatic rings. The fourth-order valence-corrected chi connectivity index (χ4v) is 3.36. The van der Waals surface area contributed by atoms with Crippen LogP contribution in [0.15, 0.2) is 18.6 Å². The fourth-order valence-electron chi connectivity index (χ4n) is 2.26. The molecule has 1 aliphatic heterocycles. The maximum absolute atomic E-state index is 12.4. The van der Waals surface area contributed by atoms with E-state index in [1.165, 1.54) is 18.6 Å². The van der Waals surface area contributed by atoms with E-state index in [-0.39, 0.29) is 42.1 Å². The quantitative estimate of drug-likeness (QED) is 0.558. The highest BCUT2D eigenvalue weighted by Crippen LogP contribution is 2.03. The van der Waals surface area contributed by atoms with Crippen molar-refractivity contribution in [1.82, 2.24) is 25.9 Å². The van der Waals surface area contributed by atoms with Crippen molar-refractivity contribution < 1.29 is 18.9 Å². The molecule has 136 valence electrons. The number of amides is 3. The summed E-state index contributed by atoms with van der Waals surface area (Å²) in [4.78, 5) is 44.0. The van der Waals surface area contributed by atoms with Gasteiger partial charge in [-0.3, -0.25) is 19.4 Å². The number of hydrogen-bond acceptors (Lipinski definition) is 6. The summed E-state index contributed by atoms with van der Waals surface area (Å²) in [5.41, 5.74) is 0.0764. The lowest BCUT2D eigenvalue weighted by Crippen LogP contribution is -2.53. The Morgan fingerprint density at radius 1 is 1.40 bits per heavy atom. The number of nitrogens with zero attached hydrogens (tertiary/aromatic N) is 2. The molecule has 3 amide bonds. The van der Waals surface area contributed by atoms with Crippen molar-refractivity contribution in [2.45, 2.75) is 31.8 Å². The van der Waals surface area contributed by atoms with Gasteiger partial charge < -0.3 is 20.5 Å². The van der Waals surface area contributed by atoms with Gasteiger partial charge in [-0.25, -0.2) is 4.98 Å². The van der Waals surface area contributed by atoms with E-state index < -0.39 is 29.0 Å². The maximum atomic E-state index is 12.4. The van der Waals surface area contributed by atoms with E-state index in [1.807, 2.05) is 0 Å². The normalized spacial score (nSPS) is 25.8. The van der Waals surface area contributed by atoms with Gasteiger partial charge in [0.1, 0.15) is 17.2 Å². The molecule has 2 rings (SSSR count). The van der Waals surface area contributed by atoms with Crippen LogP contribution in [0.2, 0.25) is 0 Å². The van der Waals surface area contributed by atoms with Crippen LogP contribution in [0.25, 0.3) is 0 Å². The summed E-state index contributed by atoms with van der Waals surface area (Å²) in [6.45, 7) is 2.04. The molecule has 1 aromatic heterocycles. The van der Waals surface area contributed by atoms with E-state index in [1.54, 1.807) is 6.92 Å². The van der Waals surface area contributed by atoms with Crippen LogP contribution in [0.5, 0.6) is 0 Å². The van der Waals surface area contributed by atoms with Crippen molar-refractivity contribution >= 4 is 28.9 Å². The molecule has 2 heterocycles. The molecule has 3 atom stereocenters. The van der Waals surface area contributed by atoms with Crippen molar-refractivity contribution in [3.63, 3.8) is 0 Å². The minimum absolute atomic E-state index is 0.0412. The molecule has 10 heteroatoms. The van der Waals surface area contributed by atoms with Crippen LogP contribution in [0.3, 0.4) is 0 Å². The van der Waals surface area contributed by atoms with Gasteiger partial charge in [-0.05, 0) is 24.5 Å². The van der Waals surface area contributed by atoms with Gasteiger partial charge in [-0.1, -0.05) is 0 Å². The molecule has 1 fully saturated rings. The molecule has 1 saturated heterocycles. The molecular weight excluding hydrogens is 346 g/mol. The second-order valence-corrected chi connectivity index (χ2v) is 7.35. The largest absolute Gasteiger partial charge is 0.616 e. The predicted octanol–water partition coefficient (Wildman–Crippen LogP) is -1.26. The van der Waals surface area contributed by atoms with Crippen molar-refractivity contribution in [2.24, 2.45) is 0 Å². The van der Waals surface area contributed by atoms with Gasteiger partial charge >= 0.3 is 0 Å². The van der Waals surface area contributed by atoms with E-state index in [0.717, 1.165) is 0 Å². The summed E-state index contributed by atoms with van der Waals surface area (Å²) >= 11 is -1.38. The minimum Gasteiger partial charge on any atom is -0.616 e. The van der Waals surface area contributed by atoms with E-state index >= 15 is 0 Å². The van der Waals surface area contributed by atoms with Crippen molar-refractivity contribution in [2.75, 3.05) is 18.1 Å². The summed E-state index contributed by atoms with van der Waals surface area (Å²) in [6.07, 6.45) is 4.84. The van der Waals surface area contributed by atoms with Crippen LogP contribution in [0, 0.1) is 0 Å². The molecule has 1 aromatic rings. The minimum atomic E-state index is -1.38. The maximum Gasteiger partial charge on any atom is 0.272 e. The SMILES string of the molecule is C[C@H]1CCC(=O)NCC[S+]([O-])C[C@H](NC(=O)c2cnccn2)C(=O)N1. The number of nitrogens with one attached hydrogen (secondary N) is 3. The van der Waals surface area contributed by atoms with Crippen LogP contribution in [-0.2, 0) is 20.8 Å². The Bertz CT molecular complexity index is 615. The Hall–Kier alpha value is -2.20. The Labute approximate surface area is 148 Å². The molecule has 3 N–H and O–H groups in total. The standard InChI is InChI=1S/C15H21N5O4S/c1-10-2-3-13(21)18-6-7-25(24)9-12(15(23)19-10)20-14(22)11-8-16-4-5-17-11/h4-5,8,10,12H,2-3,6-7,9H2,1H3,(H,18,21)(H,19,23)(H,20,22)/t10-,12-,25?/m0/s1. The monoisotopic (exact) mass is 367 g/mol. The summed E-state index contributed by atoms with van der Waals surface area (Å²) in [7, 11) is 0. The smallest absolute Gasteiger partial charge is 0.272 e. The molecule has 0 bridgehead atoms. The third-order valence-electron chi connectivity index (χ3n) is 3.62. The van der Waals surface area contributed by atoms with Crippen LogP contribution in [-0.4, -0.2) is 62.4 Å². The number of aromatic nitrogens is 2. The Morgan fingerprint density at radius 3 is 2.92 bits per heavy atom. The van der Waals surface area contributed by atoms with Gasteiger partial charge in [0.15, 0.2) is 6.04 Å². The molecular formula is C15H21N5O4S. The first-order chi connectivity index (χ1) is 12.0. The fraction of sp³-hybridized carbons (Fsp3) is 0.533. The molecule has 0 spiro atoms. The molecule has 0 aromatic carbocycles. The summed E-state index contributed by atoms with van der Waals surface area (Å²) in [5.74, 6) is -0.949. The number of carbonyl (C=O) groups excluding carboxylic acids is 3. The molecule has 25 heavy (non-hydrogen) atoms. The highest BCUT2D eigenvalue weighted by atomic mass is 32.2. The zero-order valence-corrected chi connectivity index (χ0v) is 14.7. The van der Waals surface area contributed by atoms with Gasteiger partial charge in [0.2, 0.25) is 11.8 Å². The predicted molar refractivity (Wildman–Crippen MR) is 91.0 cm³/mol. The van der Waals surface area contributed by atoms with Crippen LogP contribution < -0.4 is 16.0 Å². The second kappa shape index (κ2) is 9.33. The molecule has 9 nitrogen and oxygen atoms in total. The first kappa shape index (κ1) is 19.1. The van der Waals surface area contributed by atoms with Gasteiger partial charge in [0.25, 0.3) is 5.91 Å². The lowest BCUT2D eigenvalue weighted by Gasteiger charge is -2.23. The topological polar surface area (TPSA) is 136 Å². The molecule has 1 unspecified atom stereocenters. The lowest BCUT2D eigenvalue weighted by atomic mass is 10.1. The molecule has 0 aliphatic carbocycles.